The number of nitrogens with one attached hydrogen (secondary N) is 1. The molecule has 0 aliphatic carbocycles. The molecular formula is C20H30N4O2. The number of carbonyl (C=O) groups is 1. The van der Waals surface area contributed by atoms with Gasteiger partial charge in [0.15, 0.2) is 5.96 Å². The fourth-order valence-corrected chi connectivity index (χ4v) is 2.76. The van der Waals surface area contributed by atoms with Crippen molar-refractivity contribution in [1.82, 2.24) is 15.1 Å². The van der Waals surface area contributed by atoms with Crippen LogP contribution in [0.15, 0.2) is 41.4 Å². The lowest BCUT2D eigenvalue weighted by Crippen LogP contribution is -2.49. The highest BCUT2D eigenvalue weighted by Crippen LogP contribution is 2.25. The van der Waals surface area contributed by atoms with Crippen LogP contribution in [-0.2, 0) is 9.53 Å². The number of hydrogen-bond donors (Lipinski definition) is 1. The minimum absolute atomic E-state index is 0.00803. The maximum atomic E-state index is 11.9. The van der Waals surface area contributed by atoms with Crippen molar-refractivity contribution in [3.63, 3.8) is 0 Å². The molecule has 1 aliphatic rings. The monoisotopic (exact) mass is 358 g/mol. The Morgan fingerprint density at radius 2 is 2.15 bits per heavy atom. The Morgan fingerprint density at radius 1 is 1.42 bits per heavy atom. The SMILES string of the molecule is C=C(C)CNC(=NCC(=O)N(C)C)N1CCOC(c2ccccc2C)C1. The molecule has 1 fully saturated rings. The van der Waals surface area contributed by atoms with E-state index < -0.39 is 0 Å². The molecule has 1 aromatic rings. The number of nitrogens with zero attached hydrogens (tertiary/aromatic N) is 3. The summed E-state index contributed by atoms with van der Waals surface area (Å²) in [6, 6.07) is 8.28. The van der Waals surface area contributed by atoms with Crippen molar-refractivity contribution in [2.75, 3.05) is 46.9 Å². The molecule has 26 heavy (non-hydrogen) atoms. The van der Waals surface area contributed by atoms with Crippen molar-refractivity contribution in [3.05, 3.63) is 47.5 Å². The first kappa shape index (κ1) is 20.0. The minimum atomic E-state index is -0.0247. The van der Waals surface area contributed by atoms with Gasteiger partial charge in [-0.1, -0.05) is 36.4 Å². The average Bonchev–Trinajstić information content (AvgIpc) is 2.61. The summed E-state index contributed by atoms with van der Waals surface area (Å²) >= 11 is 0. The Labute approximate surface area is 156 Å². The van der Waals surface area contributed by atoms with Gasteiger partial charge in [0.25, 0.3) is 0 Å². The second-order valence-corrected chi connectivity index (χ2v) is 6.90. The van der Waals surface area contributed by atoms with E-state index in [1.54, 1.807) is 19.0 Å². The van der Waals surface area contributed by atoms with Crippen molar-refractivity contribution in [2.24, 2.45) is 4.99 Å². The van der Waals surface area contributed by atoms with Crippen LogP contribution in [0.5, 0.6) is 0 Å². The van der Waals surface area contributed by atoms with E-state index in [1.165, 1.54) is 11.1 Å². The van der Waals surface area contributed by atoms with Crippen LogP contribution in [0, 0.1) is 6.92 Å². The molecule has 0 radical (unpaired) electrons. The molecule has 1 unspecified atom stereocenters. The molecule has 6 heteroatoms. The van der Waals surface area contributed by atoms with E-state index in [1.807, 2.05) is 19.1 Å². The predicted octanol–water partition coefficient (Wildman–Crippen LogP) is 1.98. The van der Waals surface area contributed by atoms with E-state index in [2.05, 4.69) is 40.8 Å². The van der Waals surface area contributed by atoms with Crippen molar-refractivity contribution < 1.29 is 9.53 Å². The van der Waals surface area contributed by atoms with Gasteiger partial charge in [-0.3, -0.25) is 4.79 Å². The number of amides is 1. The molecule has 142 valence electrons. The van der Waals surface area contributed by atoms with Crippen molar-refractivity contribution in [3.8, 4) is 0 Å². The number of morpholine rings is 1. The van der Waals surface area contributed by atoms with Gasteiger partial charge in [0.05, 0.1) is 13.2 Å². The average molecular weight is 358 g/mol. The van der Waals surface area contributed by atoms with Gasteiger partial charge in [0.2, 0.25) is 5.91 Å². The molecule has 1 aliphatic heterocycles. The van der Waals surface area contributed by atoms with Gasteiger partial charge >= 0.3 is 0 Å². The van der Waals surface area contributed by atoms with Gasteiger partial charge < -0.3 is 19.9 Å². The Morgan fingerprint density at radius 3 is 2.81 bits per heavy atom. The Balaban J connectivity index is 2.15. The summed E-state index contributed by atoms with van der Waals surface area (Å²) < 4.78 is 6.00. The maximum Gasteiger partial charge on any atom is 0.243 e. The molecule has 0 saturated carbocycles. The molecule has 0 aromatic heterocycles. The molecule has 1 N–H and O–H groups in total. The molecule has 0 spiro atoms. The van der Waals surface area contributed by atoms with Crippen LogP contribution in [0.4, 0.5) is 0 Å². The van der Waals surface area contributed by atoms with E-state index in [4.69, 9.17) is 4.74 Å². The first-order valence-electron chi connectivity index (χ1n) is 8.93. The summed E-state index contributed by atoms with van der Waals surface area (Å²) in [5.74, 6) is 0.702. The zero-order valence-electron chi connectivity index (χ0n) is 16.3. The van der Waals surface area contributed by atoms with Crippen LogP contribution < -0.4 is 5.32 Å². The summed E-state index contributed by atoms with van der Waals surface area (Å²) in [7, 11) is 3.48. The van der Waals surface area contributed by atoms with Crippen LogP contribution in [0.3, 0.4) is 0 Å². The third-order valence-corrected chi connectivity index (χ3v) is 4.31. The number of carbonyl (C=O) groups excluding carboxylic acids is 1. The topological polar surface area (TPSA) is 57.2 Å². The summed E-state index contributed by atoms with van der Waals surface area (Å²) in [6.45, 7) is 10.8. The number of ether oxygens (including phenoxy) is 1. The predicted molar refractivity (Wildman–Crippen MR) is 105 cm³/mol. The van der Waals surface area contributed by atoms with E-state index in [-0.39, 0.29) is 18.6 Å². The maximum absolute atomic E-state index is 11.9. The first-order valence-corrected chi connectivity index (χ1v) is 8.93. The van der Waals surface area contributed by atoms with Crippen LogP contribution in [0.1, 0.15) is 24.2 Å². The van der Waals surface area contributed by atoms with Gasteiger partial charge in [-0.05, 0) is 25.0 Å². The van der Waals surface area contributed by atoms with Gasteiger partial charge in [0, 0.05) is 27.2 Å². The number of likely N-dealkylation sites (N-methyl/N-ethyl adjacent to an activating group) is 1. The molecular weight excluding hydrogens is 328 g/mol. The highest BCUT2D eigenvalue weighted by Gasteiger charge is 2.25. The first-order chi connectivity index (χ1) is 12.4. The summed E-state index contributed by atoms with van der Waals surface area (Å²) in [6.07, 6.45) is -0.00803. The fraction of sp³-hybridized carbons (Fsp3) is 0.500. The molecule has 1 atom stereocenters. The van der Waals surface area contributed by atoms with Gasteiger partial charge in [-0.15, -0.1) is 0 Å². The van der Waals surface area contributed by atoms with E-state index in [0.717, 1.165) is 18.1 Å². The fourth-order valence-electron chi connectivity index (χ4n) is 2.76. The number of benzene rings is 1. The third kappa shape index (κ3) is 5.59. The number of aryl methyl sites for hydroxylation is 1. The van der Waals surface area contributed by atoms with Crippen LogP contribution in [-0.4, -0.2) is 68.5 Å². The van der Waals surface area contributed by atoms with E-state index in [0.29, 0.717) is 19.7 Å². The highest BCUT2D eigenvalue weighted by atomic mass is 16.5. The zero-order valence-corrected chi connectivity index (χ0v) is 16.3. The molecule has 1 aromatic carbocycles. The van der Waals surface area contributed by atoms with Crippen molar-refractivity contribution in [1.29, 1.82) is 0 Å². The minimum Gasteiger partial charge on any atom is -0.370 e. The standard InChI is InChI=1S/C20H30N4O2/c1-15(2)12-21-20(22-13-19(25)23(4)5)24-10-11-26-18(14-24)17-9-7-6-8-16(17)3/h6-9,18H,1,10-14H2,2-5H3,(H,21,22). The van der Waals surface area contributed by atoms with Gasteiger partial charge in [-0.25, -0.2) is 4.99 Å². The number of aliphatic imine (C=N–C) groups is 1. The third-order valence-electron chi connectivity index (χ3n) is 4.31. The summed E-state index contributed by atoms with van der Waals surface area (Å²) in [4.78, 5) is 20.2. The van der Waals surface area contributed by atoms with Crippen molar-refractivity contribution >= 4 is 11.9 Å². The molecule has 1 saturated heterocycles. The number of hydrogen-bond acceptors (Lipinski definition) is 3. The normalized spacial score (nSPS) is 17.8. The van der Waals surface area contributed by atoms with Crippen LogP contribution in [0.2, 0.25) is 0 Å². The summed E-state index contributed by atoms with van der Waals surface area (Å²) in [5.41, 5.74) is 3.43. The van der Waals surface area contributed by atoms with Gasteiger partial charge in [-0.2, -0.15) is 0 Å². The molecule has 6 nitrogen and oxygen atoms in total. The molecule has 1 heterocycles. The lowest BCUT2D eigenvalue weighted by molar-refractivity contribution is -0.127. The quantitative estimate of drug-likeness (QED) is 0.497. The second-order valence-electron chi connectivity index (χ2n) is 6.90. The largest absolute Gasteiger partial charge is 0.370 e. The second kappa shape index (κ2) is 9.38. The lowest BCUT2D eigenvalue weighted by Gasteiger charge is -2.36. The van der Waals surface area contributed by atoms with Crippen LogP contribution >= 0.6 is 0 Å². The Hall–Kier alpha value is -2.34. The Bertz CT molecular complexity index is 670. The zero-order chi connectivity index (χ0) is 19.1. The van der Waals surface area contributed by atoms with Crippen LogP contribution in [0.25, 0.3) is 0 Å². The Kier molecular flexibility index (Phi) is 7.21. The number of guanidine groups is 1. The highest BCUT2D eigenvalue weighted by molar-refractivity contribution is 5.85. The van der Waals surface area contributed by atoms with E-state index in [9.17, 15) is 4.79 Å². The summed E-state index contributed by atoms with van der Waals surface area (Å²) in [5, 5.41) is 3.32. The molecule has 2 rings (SSSR count). The number of rotatable bonds is 5. The molecule has 0 bridgehead atoms. The van der Waals surface area contributed by atoms with E-state index >= 15 is 0 Å². The van der Waals surface area contributed by atoms with Crippen molar-refractivity contribution in [2.45, 2.75) is 20.0 Å². The van der Waals surface area contributed by atoms with Gasteiger partial charge in [0.1, 0.15) is 12.6 Å². The lowest BCUT2D eigenvalue weighted by atomic mass is 10.0. The smallest absolute Gasteiger partial charge is 0.243 e. The molecule has 1 amide bonds.